The van der Waals surface area contributed by atoms with Crippen molar-refractivity contribution in [2.45, 2.75) is 50.9 Å². The Morgan fingerprint density at radius 1 is 1.17 bits per heavy atom. The van der Waals surface area contributed by atoms with Crippen LogP contribution in [0.25, 0.3) is 22.6 Å². The highest BCUT2D eigenvalue weighted by molar-refractivity contribution is 5.97. The average molecular weight is 644 g/mol. The molecule has 0 bridgehead atoms. The number of nitrogens with one attached hydrogen (secondary N) is 3. The number of pyridine rings is 1. The van der Waals surface area contributed by atoms with Crippen molar-refractivity contribution in [1.82, 2.24) is 25.8 Å². The van der Waals surface area contributed by atoms with Gasteiger partial charge in [0.1, 0.15) is 29.5 Å². The number of hydrogen-bond donors (Lipinski definition) is 3. The molecule has 1 aliphatic carbocycles. The minimum atomic E-state index is -1.38. The van der Waals surface area contributed by atoms with Gasteiger partial charge in [0.25, 0.3) is 5.91 Å². The fraction of sp³-hybridized carbons (Fsp3) is 0.389. The van der Waals surface area contributed by atoms with Crippen LogP contribution in [0.2, 0.25) is 0 Å². The topological polar surface area (TPSA) is 113 Å². The second-order valence-corrected chi connectivity index (χ2v) is 12.4. The molecule has 3 heterocycles. The van der Waals surface area contributed by atoms with Gasteiger partial charge in [-0.3, -0.25) is 14.4 Å². The lowest BCUT2D eigenvalue weighted by molar-refractivity contribution is -0.138. The summed E-state index contributed by atoms with van der Waals surface area (Å²) in [6, 6.07) is 9.60. The third kappa shape index (κ3) is 7.51. The molecular formula is C36H39F2N5O4. The van der Waals surface area contributed by atoms with Crippen molar-refractivity contribution in [2.24, 2.45) is 5.92 Å². The molecule has 0 spiro atoms. The summed E-state index contributed by atoms with van der Waals surface area (Å²) in [7, 11) is 1.65. The molecule has 2 aromatic carbocycles. The summed E-state index contributed by atoms with van der Waals surface area (Å²) in [6.45, 7) is 2.81. The van der Waals surface area contributed by atoms with Gasteiger partial charge < -0.3 is 25.6 Å². The number of carbonyl (C=O) groups excluding carboxylic acids is 3. The minimum Gasteiger partial charge on any atom is -0.496 e. The molecule has 1 saturated heterocycles. The van der Waals surface area contributed by atoms with E-state index in [0.717, 1.165) is 53.8 Å². The standard InChI is InChI=1S/C36H39F2N5O4/c1-21(28-17-29(25-4-3-13-39-18-25)33(47-2)15-23(28)8-7-22-5-6-22)41-36(46)32-16-27(38)20-43(32)34(44)19-40-35(45)31-11-9-24-14-26(37)10-12-30(24)42-31/h4,7-12,14-15,17,21-22,27,32,39H,3,5-6,13,16,18-20H2,1-2H3,(H,40,45)(H,41,46)/b8-7+/t21-,27+,32-/m0/s1. The van der Waals surface area contributed by atoms with Crippen LogP contribution in [0.1, 0.15) is 65.8 Å². The van der Waals surface area contributed by atoms with Gasteiger partial charge in [-0.2, -0.15) is 0 Å². The third-order valence-corrected chi connectivity index (χ3v) is 8.93. The lowest BCUT2D eigenvalue weighted by Crippen LogP contribution is -2.49. The Morgan fingerprint density at radius 3 is 2.74 bits per heavy atom. The van der Waals surface area contributed by atoms with E-state index >= 15 is 0 Å². The lowest BCUT2D eigenvalue weighted by Gasteiger charge is -2.27. The number of allylic oxidation sites excluding steroid dienone is 1. The zero-order valence-electron chi connectivity index (χ0n) is 26.5. The fourth-order valence-electron chi connectivity index (χ4n) is 6.20. The normalized spacial score (nSPS) is 20.3. The van der Waals surface area contributed by atoms with Crippen molar-refractivity contribution >= 4 is 40.3 Å². The lowest BCUT2D eigenvalue weighted by atomic mass is 9.92. The molecule has 3 atom stereocenters. The Kier molecular flexibility index (Phi) is 9.63. The summed E-state index contributed by atoms with van der Waals surface area (Å²) >= 11 is 0. The van der Waals surface area contributed by atoms with Crippen molar-refractivity contribution in [3.8, 4) is 5.75 Å². The number of hydrogen-bond acceptors (Lipinski definition) is 6. The second-order valence-electron chi connectivity index (χ2n) is 12.4. The van der Waals surface area contributed by atoms with E-state index in [1.165, 1.54) is 29.2 Å². The SMILES string of the molecule is COc1cc(/C=C/C2CC2)c([C@H](C)NC(=O)[C@@H]2C[C@@H](F)CN2C(=O)CNC(=O)c2ccc3cc(F)ccc3n2)cc1C1=CCCNC1. The number of rotatable bonds is 10. The number of fused-ring (bicyclic) bond motifs is 1. The van der Waals surface area contributed by atoms with Crippen LogP contribution >= 0.6 is 0 Å². The molecule has 0 radical (unpaired) electrons. The number of nitrogens with zero attached hydrogens (tertiary/aromatic N) is 2. The number of likely N-dealkylation sites (tertiary alicyclic amines) is 1. The molecular weight excluding hydrogens is 604 g/mol. The van der Waals surface area contributed by atoms with Crippen LogP contribution in [0.3, 0.4) is 0 Å². The Balaban J connectivity index is 1.15. The Bertz CT molecular complexity index is 1750. The number of amides is 3. The summed E-state index contributed by atoms with van der Waals surface area (Å²) in [5, 5.41) is 9.49. The first-order valence-corrected chi connectivity index (χ1v) is 16.1. The first kappa shape index (κ1) is 32.3. The van der Waals surface area contributed by atoms with Crippen molar-refractivity contribution in [2.75, 3.05) is 33.3 Å². The molecule has 11 heteroatoms. The van der Waals surface area contributed by atoms with E-state index in [1.54, 1.807) is 13.2 Å². The van der Waals surface area contributed by atoms with Crippen LogP contribution in [-0.4, -0.2) is 73.1 Å². The highest BCUT2D eigenvalue weighted by atomic mass is 19.1. The van der Waals surface area contributed by atoms with Crippen molar-refractivity contribution < 1.29 is 27.9 Å². The van der Waals surface area contributed by atoms with E-state index in [4.69, 9.17) is 4.74 Å². The van der Waals surface area contributed by atoms with E-state index in [2.05, 4.69) is 45.2 Å². The minimum absolute atomic E-state index is 0.0509. The first-order chi connectivity index (χ1) is 22.7. The van der Waals surface area contributed by atoms with Gasteiger partial charge in [0.15, 0.2) is 0 Å². The third-order valence-electron chi connectivity index (χ3n) is 8.93. The summed E-state index contributed by atoms with van der Waals surface area (Å²) in [6.07, 6.45) is 8.15. The van der Waals surface area contributed by atoms with E-state index in [-0.39, 0.29) is 18.7 Å². The monoisotopic (exact) mass is 643 g/mol. The van der Waals surface area contributed by atoms with Gasteiger partial charge in [-0.1, -0.05) is 24.3 Å². The smallest absolute Gasteiger partial charge is 0.270 e. The molecule has 3 amide bonds. The number of ether oxygens (including phenoxy) is 1. The molecule has 3 aliphatic rings. The Labute approximate surface area is 272 Å². The van der Waals surface area contributed by atoms with E-state index < -0.39 is 48.3 Å². The molecule has 1 aromatic heterocycles. The van der Waals surface area contributed by atoms with Gasteiger partial charge in [0.05, 0.1) is 31.8 Å². The number of alkyl halides is 1. The molecule has 3 N–H and O–H groups in total. The maximum atomic E-state index is 14.7. The Hall–Kier alpha value is -4.64. The summed E-state index contributed by atoms with van der Waals surface area (Å²) in [5.74, 6) is -0.771. The second kappa shape index (κ2) is 14.0. The highest BCUT2D eigenvalue weighted by Crippen LogP contribution is 2.36. The molecule has 0 unspecified atom stereocenters. The largest absolute Gasteiger partial charge is 0.496 e. The molecule has 246 valence electrons. The summed E-state index contributed by atoms with van der Waals surface area (Å²) in [5.41, 5.74) is 4.36. The first-order valence-electron chi connectivity index (χ1n) is 16.1. The van der Waals surface area contributed by atoms with Crippen LogP contribution in [0, 0.1) is 11.7 Å². The van der Waals surface area contributed by atoms with Crippen LogP contribution in [0.4, 0.5) is 8.78 Å². The molecule has 3 aromatic rings. The number of methoxy groups -OCH3 is 1. The summed E-state index contributed by atoms with van der Waals surface area (Å²) in [4.78, 5) is 45.1. The van der Waals surface area contributed by atoms with Gasteiger partial charge >= 0.3 is 0 Å². The molecule has 1 saturated carbocycles. The maximum Gasteiger partial charge on any atom is 0.270 e. The maximum absolute atomic E-state index is 14.7. The fourth-order valence-corrected chi connectivity index (χ4v) is 6.20. The van der Waals surface area contributed by atoms with Gasteiger partial charge in [-0.15, -0.1) is 0 Å². The van der Waals surface area contributed by atoms with Crippen LogP contribution in [0.5, 0.6) is 5.75 Å². The molecule has 6 rings (SSSR count). The van der Waals surface area contributed by atoms with Crippen molar-refractivity contribution in [1.29, 1.82) is 0 Å². The highest BCUT2D eigenvalue weighted by Gasteiger charge is 2.40. The molecule has 2 aliphatic heterocycles. The zero-order valence-corrected chi connectivity index (χ0v) is 26.5. The van der Waals surface area contributed by atoms with E-state index in [9.17, 15) is 23.2 Å². The van der Waals surface area contributed by atoms with Crippen LogP contribution < -0.4 is 20.7 Å². The number of halogens is 2. The van der Waals surface area contributed by atoms with Gasteiger partial charge in [0.2, 0.25) is 11.8 Å². The summed E-state index contributed by atoms with van der Waals surface area (Å²) < 4.78 is 34.0. The predicted octanol–water partition coefficient (Wildman–Crippen LogP) is 4.73. The average Bonchev–Trinajstić information content (AvgIpc) is 3.83. The van der Waals surface area contributed by atoms with Crippen molar-refractivity contribution in [3.05, 3.63) is 82.8 Å². The molecule has 47 heavy (non-hydrogen) atoms. The van der Waals surface area contributed by atoms with Gasteiger partial charge in [0, 0.05) is 23.9 Å². The number of carbonyl (C=O) groups is 3. The Morgan fingerprint density at radius 2 is 2.00 bits per heavy atom. The van der Waals surface area contributed by atoms with Gasteiger partial charge in [-0.25, -0.2) is 13.8 Å². The molecule has 2 fully saturated rings. The number of aromatic nitrogens is 1. The van der Waals surface area contributed by atoms with Gasteiger partial charge in [-0.05, 0) is 91.7 Å². The van der Waals surface area contributed by atoms with E-state index in [1.807, 2.05) is 13.0 Å². The van der Waals surface area contributed by atoms with E-state index in [0.29, 0.717) is 23.4 Å². The van der Waals surface area contributed by atoms with Crippen LogP contribution in [-0.2, 0) is 9.59 Å². The number of benzene rings is 2. The van der Waals surface area contributed by atoms with Crippen LogP contribution in [0.15, 0.2) is 54.6 Å². The zero-order chi connectivity index (χ0) is 33.1. The predicted molar refractivity (Wildman–Crippen MR) is 176 cm³/mol. The molecule has 9 nitrogen and oxygen atoms in total. The van der Waals surface area contributed by atoms with Crippen molar-refractivity contribution in [3.63, 3.8) is 0 Å². The quantitative estimate of drug-likeness (QED) is 0.295.